The maximum atomic E-state index is 14.1. The van der Waals surface area contributed by atoms with Crippen LogP contribution in [0.2, 0.25) is 0 Å². The molecule has 0 radical (unpaired) electrons. The number of carbonyl (C=O) groups is 1. The molecule has 1 aliphatic carbocycles. The van der Waals surface area contributed by atoms with Gasteiger partial charge in [-0.25, -0.2) is 9.37 Å². The number of amides is 1. The summed E-state index contributed by atoms with van der Waals surface area (Å²) in [4.78, 5) is 25.2. The van der Waals surface area contributed by atoms with E-state index >= 15 is 0 Å². The third-order valence-corrected chi connectivity index (χ3v) is 8.43. The lowest BCUT2D eigenvalue weighted by atomic mass is 9.87. The van der Waals surface area contributed by atoms with Gasteiger partial charge >= 0.3 is 0 Å². The lowest BCUT2D eigenvalue weighted by Gasteiger charge is -2.20. The number of benzene rings is 2. The van der Waals surface area contributed by atoms with Crippen LogP contribution in [0.25, 0.3) is 55.6 Å². The molecule has 0 aliphatic heterocycles. The summed E-state index contributed by atoms with van der Waals surface area (Å²) in [5.74, 6) is -0.139. The van der Waals surface area contributed by atoms with Crippen LogP contribution in [-0.4, -0.2) is 36.2 Å². The van der Waals surface area contributed by atoms with Gasteiger partial charge in [-0.2, -0.15) is 5.10 Å². The number of nitrogens with zero attached hydrogens (tertiary/aromatic N) is 3. The van der Waals surface area contributed by atoms with Crippen molar-refractivity contribution in [1.29, 1.82) is 0 Å². The highest BCUT2D eigenvalue weighted by Gasteiger charge is 2.19. The quantitative estimate of drug-likeness (QED) is 0.161. The van der Waals surface area contributed by atoms with Crippen molar-refractivity contribution in [3.63, 3.8) is 0 Å². The van der Waals surface area contributed by atoms with Crippen molar-refractivity contribution in [2.24, 2.45) is 5.92 Å². The number of anilines is 1. The summed E-state index contributed by atoms with van der Waals surface area (Å²) in [6.45, 7) is 2.01. The number of aromatic amines is 2. The van der Waals surface area contributed by atoms with E-state index in [0.29, 0.717) is 29.2 Å². The van der Waals surface area contributed by atoms with Gasteiger partial charge in [-0.1, -0.05) is 31.4 Å². The second-order valence-corrected chi connectivity index (χ2v) is 11.5. The minimum Gasteiger partial charge on any atom is -0.508 e. The summed E-state index contributed by atoms with van der Waals surface area (Å²) >= 11 is 0. The van der Waals surface area contributed by atoms with Crippen LogP contribution in [0.5, 0.6) is 5.75 Å². The molecule has 9 heteroatoms. The van der Waals surface area contributed by atoms with E-state index in [1.165, 1.54) is 25.3 Å². The van der Waals surface area contributed by atoms with Gasteiger partial charge in [0, 0.05) is 52.3 Å². The molecule has 0 atom stereocenters. The Hall–Kier alpha value is -5.05. The first kappa shape index (κ1) is 26.8. The van der Waals surface area contributed by atoms with Gasteiger partial charge in [0.25, 0.3) is 0 Å². The molecule has 1 saturated carbocycles. The van der Waals surface area contributed by atoms with Crippen molar-refractivity contribution in [1.82, 2.24) is 25.1 Å². The van der Waals surface area contributed by atoms with Gasteiger partial charge < -0.3 is 15.4 Å². The molecule has 4 N–H and O–H groups in total. The Labute approximate surface area is 247 Å². The minimum atomic E-state index is -0.500. The summed E-state index contributed by atoms with van der Waals surface area (Å²) in [6.07, 6.45) is 11.6. The Kier molecular flexibility index (Phi) is 6.85. The van der Waals surface area contributed by atoms with Crippen LogP contribution in [0.15, 0.2) is 67.1 Å². The summed E-state index contributed by atoms with van der Waals surface area (Å²) in [5.41, 5.74) is 7.78. The van der Waals surface area contributed by atoms with E-state index in [4.69, 9.17) is 0 Å². The molecule has 4 heterocycles. The highest BCUT2D eigenvalue weighted by molar-refractivity contribution is 6.02. The molecule has 8 nitrogen and oxygen atoms in total. The molecule has 1 aliphatic rings. The number of phenolic OH excluding ortho intramolecular Hbond substituents is 1. The van der Waals surface area contributed by atoms with Gasteiger partial charge in [0.2, 0.25) is 5.91 Å². The predicted octanol–water partition coefficient (Wildman–Crippen LogP) is 7.90. The maximum absolute atomic E-state index is 14.1. The summed E-state index contributed by atoms with van der Waals surface area (Å²) in [7, 11) is 0. The number of halogens is 1. The molecule has 0 unspecified atom stereocenters. The number of aromatic hydroxyl groups is 1. The molecule has 1 amide bonds. The normalized spacial score (nSPS) is 14.0. The average molecular weight is 575 g/mol. The van der Waals surface area contributed by atoms with Gasteiger partial charge in [-0.05, 0) is 72.7 Å². The molecule has 2 aromatic carbocycles. The maximum Gasteiger partial charge on any atom is 0.224 e. The number of phenols is 1. The Bertz CT molecular complexity index is 1970. The van der Waals surface area contributed by atoms with Crippen LogP contribution in [0.4, 0.5) is 10.1 Å². The Balaban J connectivity index is 1.22. The van der Waals surface area contributed by atoms with Crippen LogP contribution >= 0.6 is 0 Å². The molecule has 6 aromatic rings. The summed E-state index contributed by atoms with van der Waals surface area (Å²) in [6, 6.07) is 13.9. The van der Waals surface area contributed by atoms with Gasteiger partial charge in [0.15, 0.2) is 5.65 Å². The number of H-pyrrole nitrogens is 2. The molecule has 0 saturated heterocycles. The van der Waals surface area contributed by atoms with E-state index < -0.39 is 5.82 Å². The number of hydrogen-bond donors (Lipinski definition) is 4. The average Bonchev–Trinajstić information content (AvgIpc) is 3.62. The molecule has 4 aromatic heterocycles. The first-order valence-electron chi connectivity index (χ1n) is 14.6. The smallest absolute Gasteiger partial charge is 0.224 e. The molecule has 0 spiro atoms. The Morgan fingerprint density at radius 2 is 1.81 bits per heavy atom. The number of carbonyl (C=O) groups excluding carboxylic acids is 1. The second kappa shape index (κ2) is 11.0. The molecule has 43 heavy (non-hydrogen) atoms. The van der Waals surface area contributed by atoms with Crippen LogP contribution in [-0.2, 0) is 4.79 Å². The number of rotatable bonds is 6. The van der Waals surface area contributed by atoms with E-state index in [2.05, 4.69) is 30.5 Å². The van der Waals surface area contributed by atoms with Crippen molar-refractivity contribution in [3.05, 3.63) is 78.5 Å². The summed E-state index contributed by atoms with van der Waals surface area (Å²) < 4.78 is 14.1. The highest BCUT2D eigenvalue weighted by Crippen LogP contribution is 2.37. The Morgan fingerprint density at radius 3 is 2.65 bits per heavy atom. The second-order valence-electron chi connectivity index (χ2n) is 11.5. The van der Waals surface area contributed by atoms with Gasteiger partial charge in [-0.3, -0.25) is 14.9 Å². The number of aryl methyl sites for hydroxylation is 1. The SMILES string of the molecule is Cc1ccc(-c2cc(O)cc(F)c2)c2cc(-c3[nH]nc4ncc(-c5cncc(NC(=O)CC6CCCCC6)c5)cc34)[nH]c12. The molecular weight excluding hydrogens is 543 g/mol. The molecule has 7 rings (SSSR count). The number of hydrogen-bond acceptors (Lipinski definition) is 5. The standard InChI is InChI=1S/C34H31FN6O2/c1-19-7-8-27(21-10-24(35)14-26(42)12-21)28-15-30(39-32(19)28)33-29-13-23(17-37-34(29)41-40-33)22-11-25(18-36-16-22)38-31(43)9-20-5-3-2-4-6-20/h7-8,10-18,20,39,42H,2-6,9H2,1H3,(H,38,43)(H,37,40,41). The summed E-state index contributed by atoms with van der Waals surface area (Å²) in [5, 5.41) is 22.3. The third-order valence-electron chi connectivity index (χ3n) is 8.43. The number of fused-ring (bicyclic) bond motifs is 2. The molecule has 216 valence electrons. The lowest BCUT2D eigenvalue weighted by Crippen LogP contribution is -2.18. The van der Waals surface area contributed by atoms with Gasteiger partial charge in [-0.15, -0.1) is 0 Å². The molecule has 0 bridgehead atoms. The van der Waals surface area contributed by atoms with E-state index in [-0.39, 0.29) is 11.7 Å². The van der Waals surface area contributed by atoms with Crippen LogP contribution in [0.3, 0.4) is 0 Å². The zero-order valence-electron chi connectivity index (χ0n) is 23.7. The minimum absolute atomic E-state index is 0.0264. The van der Waals surface area contributed by atoms with E-state index in [1.54, 1.807) is 24.7 Å². The van der Waals surface area contributed by atoms with Crippen LogP contribution < -0.4 is 5.32 Å². The lowest BCUT2D eigenvalue weighted by molar-refractivity contribution is -0.117. The number of pyridine rings is 2. The predicted molar refractivity (Wildman–Crippen MR) is 166 cm³/mol. The van der Waals surface area contributed by atoms with Crippen LogP contribution in [0, 0.1) is 18.7 Å². The van der Waals surface area contributed by atoms with Crippen molar-refractivity contribution < 1.29 is 14.3 Å². The van der Waals surface area contributed by atoms with Crippen LogP contribution in [0.1, 0.15) is 44.1 Å². The first-order chi connectivity index (χ1) is 20.9. The first-order valence-corrected chi connectivity index (χ1v) is 14.6. The third kappa shape index (κ3) is 5.34. The highest BCUT2D eigenvalue weighted by atomic mass is 19.1. The van der Waals surface area contributed by atoms with Crippen molar-refractivity contribution in [2.45, 2.75) is 45.4 Å². The van der Waals surface area contributed by atoms with E-state index in [1.807, 2.05) is 37.3 Å². The fraction of sp³-hybridized carbons (Fsp3) is 0.235. The van der Waals surface area contributed by atoms with E-state index in [9.17, 15) is 14.3 Å². The largest absolute Gasteiger partial charge is 0.508 e. The fourth-order valence-electron chi connectivity index (χ4n) is 6.27. The monoisotopic (exact) mass is 574 g/mol. The topological polar surface area (TPSA) is 120 Å². The number of aromatic nitrogens is 5. The zero-order chi connectivity index (χ0) is 29.5. The zero-order valence-corrected chi connectivity index (χ0v) is 23.7. The molecule has 1 fully saturated rings. The van der Waals surface area contributed by atoms with Crippen molar-refractivity contribution in [2.75, 3.05) is 5.32 Å². The van der Waals surface area contributed by atoms with Crippen molar-refractivity contribution >= 4 is 33.5 Å². The van der Waals surface area contributed by atoms with Gasteiger partial charge in [0.05, 0.1) is 23.3 Å². The number of nitrogens with one attached hydrogen (secondary N) is 3. The van der Waals surface area contributed by atoms with E-state index in [0.717, 1.165) is 68.8 Å². The fourth-order valence-corrected chi connectivity index (χ4v) is 6.27. The van der Waals surface area contributed by atoms with Crippen molar-refractivity contribution in [3.8, 4) is 39.4 Å². The molecular formula is C34H31FN6O2. The Morgan fingerprint density at radius 1 is 0.977 bits per heavy atom. The van der Waals surface area contributed by atoms with Gasteiger partial charge in [0.1, 0.15) is 11.6 Å².